The van der Waals surface area contributed by atoms with E-state index in [1.165, 1.54) is 0 Å². The molecule has 7 nitrogen and oxygen atoms in total. The molecule has 3 amide bonds. The van der Waals surface area contributed by atoms with E-state index in [2.05, 4.69) is 15.5 Å². The van der Waals surface area contributed by atoms with E-state index >= 15 is 0 Å². The molecule has 0 saturated heterocycles. The molecule has 0 heterocycles. The lowest BCUT2D eigenvalue weighted by Crippen LogP contribution is -2.34. The minimum absolute atomic E-state index is 0.130. The Morgan fingerprint density at radius 2 is 1.79 bits per heavy atom. The molecule has 4 N–H and O–H groups in total. The number of hydrogen-bond acceptors (Lipinski definition) is 4. The Morgan fingerprint density at radius 1 is 1.07 bits per heavy atom. The van der Waals surface area contributed by atoms with Crippen molar-refractivity contribution in [3.63, 3.8) is 0 Å². The molecule has 0 atom stereocenters. The average molecular weight is 380 g/mol. The largest absolute Gasteiger partial charge is 0.366 e. The van der Waals surface area contributed by atoms with Crippen molar-refractivity contribution in [2.45, 2.75) is 25.4 Å². The van der Waals surface area contributed by atoms with E-state index in [0.29, 0.717) is 29.4 Å². The van der Waals surface area contributed by atoms with Crippen molar-refractivity contribution in [3.05, 3.63) is 65.2 Å². The Labute approximate surface area is 163 Å². The molecule has 28 heavy (non-hydrogen) atoms. The molecule has 7 heteroatoms. The molecule has 0 aromatic heterocycles. The molecular formula is C21H24N4O3. The van der Waals surface area contributed by atoms with Crippen LogP contribution in [-0.4, -0.2) is 42.3 Å². The van der Waals surface area contributed by atoms with Gasteiger partial charge in [0.2, 0.25) is 11.8 Å². The number of primary amides is 1. The van der Waals surface area contributed by atoms with E-state index < -0.39 is 5.91 Å². The maximum absolute atomic E-state index is 12.5. The van der Waals surface area contributed by atoms with Gasteiger partial charge in [0.25, 0.3) is 5.91 Å². The van der Waals surface area contributed by atoms with Gasteiger partial charge in [-0.2, -0.15) is 0 Å². The first kappa shape index (κ1) is 19.6. The summed E-state index contributed by atoms with van der Waals surface area (Å²) >= 11 is 0. The van der Waals surface area contributed by atoms with Gasteiger partial charge < -0.3 is 16.4 Å². The number of nitrogens with one attached hydrogen (secondary N) is 2. The zero-order chi connectivity index (χ0) is 20.1. The lowest BCUT2D eigenvalue weighted by atomic mass is 10.1. The van der Waals surface area contributed by atoms with Crippen LogP contribution < -0.4 is 16.4 Å². The third-order valence-corrected chi connectivity index (χ3v) is 4.67. The number of anilines is 1. The number of carbonyl (C=O) groups excluding carboxylic acids is 3. The molecule has 2 aromatic rings. The Morgan fingerprint density at radius 3 is 2.39 bits per heavy atom. The molecule has 2 aromatic carbocycles. The Hall–Kier alpha value is -3.19. The first-order valence-corrected chi connectivity index (χ1v) is 9.21. The lowest BCUT2D eigenvalue weighted by molar-refractivity contribution is -0.117. The van der Waals surface area contributed by atoms with E-state index in [4.69, 9.17) is 5.73 Å². The van der Waals surface area contributed by atoms with Crippen LogP contribution in [0.15, 0.2) is 48.5 Å². The molecule has 0 spiro atoms. The monoisotopic (exact) mass is 380 g/mol. The fraction of sp³-hybridized carbons (Fsp3) is 0.286. The molecule has 0 unspecified atom stereocenters. The van der Waals surface area contributed by atoms with Gasteiger partial charge >= 0.3 is 0 Å². The predicted molar refractivity (Wildman–Crippen MR) is 107 cm³/mol. The molecule has 0 bridgehead atoms. The Balaban J connectivity index is 1.62. The number of benzene rings is 2. The van der Waals surface area contributed by atoms with Crippen LogP contribution in [0.25, 0.3) is 0 Å². The van der Waals surface area contributed by atoms with Crippen LogP contribution in [0, 0.1) is 0 Å². The van der Waals surface area contributed by atoms with Gasteiger partial charge in [-0.25, -0.2) is 0 Å². The van der Waals surface area contributed by atoms with Crippen molar-refractivity contribution in [1.29, 1.82) is 0 Å². The number of rotatable bonds is 8. The molecule has 1 aliphatic rings. The molecule has 3 rings (SSSR count). The minimum atomic E-state index is -0.455. The van der Waals surface area contributed by atoms with Crippen molar-refractivity contribution in [2.24, 2.45) is 5.73 Å². The highest BCUT2D eigenvalue weighted by atomic mass is 16.2. The van der Waals surface area contributed by atoms with E-state index in [9.17, 15) is 14.4 Å². The summed E-state index contributed by atoms with van der Waals surface area (Å²) < 4.78 is 0. The first-order chi connectivity index (χ1) is 13.5. The van der Waals surface area contributed by atoms with Gasteiger partial charge in [-0.15, -0.1) is 0 Å². The highest BCUT2D eigenvalue weighted by molar-refractivity contribution is 5.97. The molecule has 0 aliphatic heterocycles. The van der Waals surface area contributed by atoms with E-state index in [-0.39, 0.29) is 18.4 Å². The van der Waals surface area contributed by atoms with Gasteiger partial charge in [0.15, 0.2) is 0 Å². The van der Waals surface area contributed by atoms with E-state index in [1.807, 2.05) is 12.1 Å². The maximum Gasteiger partial charge on any atom is 0.251 e. The van der Waals surface area contributed by atoms with Gasteiger partial charge in [-0.05, 0) is 48.7 Å². The molecule has 1 saturated carbocycles. The van der Waals surface area contributed by atoms with Crippen molar-refractivity contribution < 1.29 is 14.4 Å². The van der Waals surface area contributed by atoms with E-state index in [1.54, 1.807) is 43.4 Å². The van der Waals surface area contributed by atoms with Crippen LogP contribution in [-0.2, 0) is 11.3 Å². The van der Waals surface area contributed by atoms with Gasteiger partial charge in [0, 0.05) is 36.4 Å². The molecule has 0 radical (unpaired) electrons. The second-order valence-electron chi connectivity index (χ2n) is 6.91. The summed E-state index contributed by atoms with van der Waals surface area (Å²) in [6.45, 7) is 0.877. The van der Waals surface area contributed by atoms with Crippen molar-refractivity contribution in [1.82, 2.24) is 10.2 Å². The SMILES string of the molecule is CNC(=O)c1cccc(NC(=O)CN(Cc2ccc(C(N)=O)cc2)C2CC2)c1. The van der Waals surface area contributed by atoms with Crippen LogP contribution in [0.3, 0.4) is 0 Å². The van der Waals surface area contributed by atoms with Gasteiger partial charge in [-0.1, -0.05) is 18.2 Å². The summed E-state index contributed by atoms with van der Waals surface area (Å²) in [6, 6.07) is 14.4. The fourth-order valence-electron chi connectivity index (χ4n) is 3.03. The molecule has 1 fully saturated rings. The van der Waals surface area contributed by atoms with Crippen molar-refractivity contribution >= 4 is 23.4 Å². The Kier molecular flexibility index (Phi) is 6.06. The van der Waals surface area contributed by atoms with Crippen LogP contribution in [0.2, 0.25) is 0 Å². The maximum atomic E-state index is 12.5. The summed E-state index contributed by atoms with van der Waals surface area (Å²) in [6.07, 6.45) is 2.14. The zero-order valence-electron chi connectivity index (χ0n) is 15.8. The van der Waals surface area contributed by atoms with Crippen molar-refractivity contribution in [3.8, 4) is 0 Å². The number of carbonyl (C=O) groups is 3. The summed E-state index contributed by atoms with van der Waals surface area (Å²) in [5.41, 5.74) is 7.85. The molecule has 146 valence electrons. The van der Waals surface area contributed by atoms with Crippen LogP contribution in [0.5, 0.6) is 0 Å². The smallest absolute Gasteiger partial charge is 0.251 e. The van der Waals surface area contributed by atoms with Gasteiger partial charge in [-0.3, -0.25) is 19.3 Å². The highest BCUT2D eigenvalue weighted by Gasteiger charge is 2.30. The third kappa shape index (κ3) is 5.17. The quantitative estimate of drug-likeness (QED) is 0.649. The lowest BCUT2D eigenvalue weighted by Gasteiger charge is -2.21. The van der Waals surface area contributed by atoms with Crippen LogP contribution in [0.1, 0.15) is 39.1 Å². The summed E-state index contributed by atoms with van der Waals surface area (Å²) in [5.74, 6) is -0.784. The summed E-state index contributed by atoms with van der Waals surface area (Å²) in [5, 5.41) is 5.43. The summed E-state index contributed by atoms with van der Waals surface area (Å²) in [7, 11) is 1.57. The highest BCUT2D eigenvalue weighted by Crippen LogP contribution is 2.28. The standard InChI is InChI=1S/C21H24N4O3/c1-23-21(28)16-3-2-4-17(11-16)24-19(26)13-25(18-9-10-18)12-14-5-7-15(8-6-14)20(22)27/h2-8,11,18H,9-10,12-13H2,1H3,(H2,22,27)(H,23,28)(H,24,26). The predicted octanol–water partition coefficient (Wildman–Crippen LogP) is 1.75. The Bertz CT molecular complexity index is 875. The topological polar surface area (TPSA) is 105 Å². The van der Waals surface area contributed by atoms with E-state index in [0.717, 1.165) is 18.4 Å². The minimum Gasteiger partial charge on any atom is -0.366 e. The second-order valence-corrected chi connectivity index (χ2v) is 6.91. The van der Waals surface area contributed by atoms with Crippen molar-refractivity contribution in [2.75, 3.05) is 18.9 Å². The second kappa shape index (κ2) is 8.67. The number of nitrogens with two attached hydrogens (primary N) is 1. The van der Waals surface area contributed by atoms with Crippen LogP contribution >= 0.6 is 0 Å². The third-order valence-electron chi connectivity index (χ3n) is 4.67. The zero-order valence-corrected chi connectivity index (χ0v) is 15.8. The summed E-state index contributed by atoms with van der Waals surface area (Å²) in [4.78, 5) is 37.6. The van der Waals surface area contributed by atoms with Gasteiger partial charge in [0.1, 0.15) is 0 Å². The normalized spacial score (nSPS) is 13.2. The number of hydrogen-bond donors (Lipinski definition) is 3. The fourth-order valence-corrected chi connectivity index (χ4v) is 3.03. The number of nitrogens with zero attached hydrogens (tertiary/aromatic N) is 1. The van der Waals surface area contributed by atoms with Crippen LogP contribution in [0.4, 0.5) is 5.69 Å². The first-order valence-electron chi connectivity index (χ1n) is 9.21. The molecule has 1 aliphatic carbocycles. The molecular weight excluding hydrogens is 356 g/mol. The van der Waals surface area contributed by atoms with Gasteiger partial charge in [0.05, 0.1) is 6.54 Å². The number of amides is 3. The average Bonchev–Trinajstić information content (AvgIpc) is 3.52.